The van der Waals surface area contributed by atoms with Crippen LogP contribution in [0, 0.1) is 0 Å². The van der Waals surface area contributed by atoms with Gasteiger partial charge in [0, 0.05) is 24.8 Å². The van der Waals surface area contributed by atoms with Crippen molar-refractivity contribution in [1.82, 2.24) is 5.32 Å². The van der Waals surface area contributed by atoms with E-state index in [0.29, 0.717) is 6.04 Å². The highest BCUT2D eigenvalue weighted by atomic mass is 15.1. The Bertz CT molecular complexity index is 373. The lowest BCUT2D eigenvalue weighted by Gasteiger charge is -2.28. The van der Waals surface area contributed by atoms with Crippen LogP contribution in [0.2, 0.25) is 0 Å². The van der Waals surface area contributed by atoms with Crippen LogP contribution in [0.1, 0.15) is 45.2 Å². The van der Waals surface area contributed by atoms with E-state index in [9.17, 15) is 0 Å². The maximum Gasteiger partial charge on any atom is 0.0417 e. The molecule has 0 aliphatic rings. The number of rotatable bonds is 9. The average Bonchev–Trinajstić information content (AvgIpc) is 2.44. The molecule has 0 aliphatic heterocycles. The van der Waals surface area contributed by atoms with Crippen molar-refractivity contribution < 1.29 is 0 Å². The topological polar surface area (TPSA) is 15.3 Å². The van der Waals surface area contributed by atoms with Crippen LogP contribution in [0.4, 0.5) is 5.69 Å². The lowest BCUT2D eigenvalue weighted by molar-refractivity contribution is 0.536. The Labute approximate surface area is 118 Å². The van der Waals surface area contributed by atoms with Crippen molar-refractivity contribution in [3.05, 3.63) is 42.5 Å². The van der Waals surface area contributed by atoms with Crippen LogP contribution in [-0.2, 0) is 0 Å². The summed E-state index contributed by atoms with van der Waals surface area (Å²) >= 11 is 0. The van der Waals surface area contributed by atoms with Crippen molar-refractivity contribution in [2.45, 2.75) is 39.7 Å². The van der Waals surface area contributed by atoms with Crippen molar-refractivity contribution in [3.63, 3.8) is 0 Å². The minimum Gasteiger partial charge on any atom is -0.368 e. The summed E-state index contributed by atoms with van der Waals surface area (Å²) in [5.74, 6) is 0. The zero-order valence-corrected chi connectivity index (χ0v) is 12.7. The molecule has 0 saturated carbocycles. The molecule has 0 aliphatic carbocycles. The van der Waals surface area contributed by atoms with E-state index in [2.05, 4.69) is 61.8 Å². The first-order chi connectivity index (χ1) is 9.28. The molecule has 0 amide bonds. The predicted octanol–water partition coefficient (Wildman–Crippen LogP) is 4.15. The van der Waals surface area contributed by atoms with Crippen LogP contribution >= 0.6 is 0 Å². The third kappa shape index (κ3) is 4.39. The number of benzene rings is 1. The van der Waals surface area contributed by atoms with Crippen molar-refractivity contribution in [1.29, 1.82) is 0 Å². The molecule has 0 bridgehead atoms. The molecule has 2 nitrogen and oxygen atoms in total. The second kappa shape index (κ2) is 8.76. The summed E-state index contributed by atoms with van der Waals surface area (Å²) in [6, 6.07) is 9.18. The summed E-state index contributed by atoms with van der Waals surface area (Å²) in [4.78, 5) is 2.42. The van der Waals surface area contributed by atoms with E-state index in [1.54, 1.807) is 0 Å². The molecule has 2 heteroatoms. The minimum atomic E-state index is 0.436. The van der Waals surface area contributed by atoms with Crippen molar-refractivity contribution in [2.75, 3.05) is 24.5 Å². The van der Waals surface area contributed by atoms with Gasteiger partial charge in [-0.25, -0.2) is 0 Å². The highest BCUT2D eigenvalue weighted by Crippen LogP contribution is 2.28. The van der Waals surface area contributed by atoms with Gasteiger partial charge in [-0.15, -0.1) is 6.58 Å². The monoisotopic (exact) mass is 260 g/mol. The van der Waals surface area contributed by atoms with Gasteiger partial charge in [-0.2, -0.15) is 0 Å². The molecule has 0 radical (unpaired) electrons. The van der Waals surface area contributed by atoms with E-state index in [1.807, 2.05) is 6.08 Å². The zero-order chi connectivity index (χ0) is 14.1. The molecule has 106 valence electrons. The molecule has 0 spiro atoms. The Hall–Kier alpha value is -1.28. The van der Waals surface area contributed by atoms with E-state index in [1.165, 1.54) is 11.3 Å². The molecule has 0 fully saturated rings. The maximum atomic E-state index is 3.88. The smallest absolute Gasteiger partial charge is 0.0417 e. The summed E-state index contributed by atoms with van der Waals surface area (Å²) in [5.41, 5.74) is 2.75. The van der Waals surface area contributed by atoms with Gasteiger partial charge in [-0.1, -0.05) is 45.0 Å². The van der Waals surface area contributed by atoms with E-state index in [0.717, 1.165) is 32.5 Å². The standard InChI is InChI=1S/C17H28N2/c1-5-13-19(14-6-2)17-12-10-9-11-15(17)16(7-3)18-8-4/h5,9-12,16,18H,1,6-8,13-14H2,2-4H3. The SMILES string of the molecule is C=CCN(CCC)c1ccccc1C(CC)NCC. The predicted molar refractivity (Wildman–Crippen MR) is 85.9 cm³/mol. The second-order valence-corrected chi connectivity index (χ2v) is 4.81. The van der Waals surface area contributed by atoms with Gasteiger partial charge in [0.15, 0.2) is 0 Å². The molecule has 1 atom stereocenters. The number of hydrogen-bond acceptors (Lipinski definition) is 2. The Kier molecular flexibility index (Phi) is 7.27. The van der Waals surface area contributed by atoms with Crippen LogP contribution in [-0.4, -0.2) is 19.6 Å². The number of nitrogens with one attached hydrogen (secondary N) is 1. The van der Waals surface area contributed by atoms with Gasteiger partial charge >= 0.3 is 0 Å². The molecule has 1 rings (SSSR count). The lowest BCUT2D eigenvalue weighted by Crippen LogP contribution is -2.28. The number of para-hydroxylation sites is 1. The van der Waals surface area contributed by atoms with Gasteiger partial charge in [-0.3, -0.25) is 0 Å². The van der Waals surface area contributed by atoms with Crippen LogP contribution in [0.3, 0.4) is 0 Å². The molecule has 0 aromatic heterocycles. The molecule has 1 N–H and O–H groups in total. The Morgan fingerprint density at radius 2 is 2.00 bits per heavy atom. The quantitative estimate of drug-likeness (QED) is 0.671. The van der Waals surface area contributed by atoms with Crippen LogP contribution in [0.5, 0.6) is 0 Å². The third-order valence-electron chi connectivity index (χ3n) is 3.35. The number of hydrogen-bond donors (Lipinski definition) is 1. The maximum absolute atomic E-state index is 3.88. The molecule has 19 heavy (non-hydrogen) atoms. The van der Waals surface area contributed by atoms with Gasteiger partial charge < -0.3 is 10.2 Å². The van der Waals surface area contributed by atoms with Crippen molar-refractivity contribution in [2.24, 2.45) is 0 Å². The molecule has 0 saturated heterocycles. The van der Waals surface area contributed by atoms with E-state index >= 15 is 0 Å². The van der Waals surface area contributed by atoms with E-state index in [4.69, 9.17) is 0 Å². The van der Waals surface area contributed by atoms with Gasteiger partial charge in [0.05, 0.1) is 0 Å². The summed E-state index contributed by atoms with van der Waals surface area (Å²) in [5, 5.41) is 3.58. The lowest BCUT2D eigenvalue weighted by atomic mass is 10.0. The first kappa shape index (κ1) is 15.8. The van der Waals surface area contributed by atoms with Gasteiger partial charge in [0.25, 0.3) is 0 Å². The summed E-state index contributed by atoms with van der Waals surface area (Å²) in [7, 11) is 0. The van der Waals surface area contributed by atoms with E-state index in [-0.39, 0.29) is 0 Å². The van der Waals surface area contributed by atoms with Crippen LogP contribution in [0.25, 0.3) is 0 Å². The number of nitrogens with zero attached hydrogens (tertiary/aromatic N) is 1. The normalized spacial score (nSPS) is 12.2. The fraction of sp³-hybridized carbons (Fsp3) is 0.529. The Morgan fingerprint density at radius 1 is 1.26 bits per heavy atom. The molecule has 1 unspecified atom stereocenters. The molecular formula is C17H28N2. The summed E-state index contributed by atoms with van der Waals surface area (Å²) < 4.78 is 0. The Balaban J connectivity index is 3.06. The molecule has 1 aromatic carbocycles. The van der Waals surface area contributed by atoms with Crippen LogP contribution in [0.15, 0.2) is 36.9 Å². The zero-order valence-electron chi connectivity index (χ0n) is 12.7. The largest absolute Gasteiger partial charge is 0.368 e. The summed E-state index contributed by atoms with van der Waals surface area (Å²) in [6.45, 7) is 13.5. The third-order valence-corrected chi connectivity index (χ3v) is 3.35. The fourth-order valence-electron chi connectivity index (χ4n) is 2.53. The second-order valence-electron chi connectivity index (χ2n) is 4.81. The molecule has 1 aromatic rings. The summed E-state index contributed by atoms with van der Waals surface area (Å²) in [6.07, 6.45) is 4.25. The minimum absolute atomic E-state index is 0.436. The average molecular weight is 260 g/mol. The van der Waals surface area contributed by atoms with Gasteiger partial charge in [0.1, 0.15) is 0 Å². The highest BCUT2D eigenvalue weighted by molar-refractivity contribution is 5.55. The molecular weight excluding hydrogens is 232 g/mol. The Morgan fingerprint density at radius 3 is 2.58 bits per heavy atom. The van der Waals surface area contributed by atoms with Gasteiger partial charge in [0.2, 0.25) is 0 Å². The van der Waals surface area contributed by atoms with Gasteiger partial charge in [-0.05, 0) is 31.0 Å². The van der Waals surface area contributed by atoms with Crippen molar-refractivity contribution in [3.8, 4) is 0 Å². The van der Waals surface area contributed by atoms with Crippen LogP contribution < -0.4 is 10.2 Å². The number of anilines is 1. The first-order valence-corrected chi connectivity index (χ1v) is 7.46. The highest BCUT2D eigenvalue weighted by Gasteiger charge is 2.15. The van der Waals surface area contributed by atoms with Crippen molar-refractivity contribution >= 4 is 5.69 Å². The first-order valence-electron chi connectivity index (χ1n) is 7.46. The van der Waals surface area contributed by atoms with E-state index < -0.39 is 0 Å². The molecule has 0 heterocycles. The fourth-order valence-corrected chi connectivity index (χ4v) is 2.53.